The van der Waals surface area contributed by atoms with Crippen molar-refractivity contribution in [1.29, 1.82) is 0 Å². The van der Waals surface area contributed by atoms with E-state index in [1.54, 1.807) is 35.2 Å². The Labute approximate surface area is 223 Å². The number of unbranched alkanes of at least 4 members (excludes halogenated alkanes) is 2. The third-order valence-electron chi connectivity index (χ3n) is 6.50. The lowest BCUT2D eigenvalue weighted by atomic mass is 10.0. The summed E-state index contributed by atoms with van der Waals surface area (Å²) >= 11 is 0. The van der Waals surface area contributed by atoms with Crippen LogP contribution in [0.15, 0.2) is 60.7 Å². The fraction of sp³-hybridized carbons (Fsp3) is 0.429. The predicted octanol–water partition coefficient (Wildman–Crippen LogP) is 1.06. The first-order valence-electron chi connectivity index (χ1n) is 13.2. The summed E-state index contributed by atoms with van der Waals surface area (Å²) in [5.74, 6) is -1.46. The summed E-state index contributed by atoms with van der Waals surface area (Å²) in [5, 5.41) is 8.38. The highest BCUT2D eigenvalue weighted by Crippen LogP contribution is 2.21. The zero-order valence-electron chi connectivity index (χ0n) is 21.6. The van der Waals surface area contributed by atoms with Crippen molar-refractivity contribution in [3.63, 3.8) is 0 Å². The average molecular weight is 523 g/mol. The van der Waals surface area contributed by atoms with Crippen molar-refractivity contribution < 1.29 is 19.2 Å². The highest BCUT2D eigenvalue weighted by atomic mass is 16.2. The van der Waals surface area contributed by atoms with E-state index in [2.05, 4.69) is 16.0 Å². The second-order valence-electron chi connectivity index (χ2n) is 9.37. The van der Waals surface area contributed by atoms with Crippen LogP contribution in [0.4, 0.5) is 5.69 Å². The third-order valence-corrected chi connectivity index (χ3v) is 6.50. The van der Waals surface area contributed by atoms with Crippen LogP contribution in [0.2, 0.25) is 0 Å². The van der Waals surface area contributed by atoms with Gasteiger partial charge < -0.3 is 32.3 Å². The number of β-lactam (4-membered cyclic amide) rings is 1. The summed E-state index contributed by atoms with van der Waals surface area (Å²) in [5.41, 5.74) is 12.4. The molecular weight excluding hydrogens is 484 g/mol. The summed E-state index contributed by atoms with van der Waals surface area (Å²) in [6.07, 6.45) is 3.39. The Morgan fingerprint density at radius 3 is 1.89 bits per heavy atom. The minimum atomic E-state index is -0.863. The number of carbonyl (C=O) groups is 4. The normalized spacial score (nSPS) is 16.2. The maximum absolute atomic E-state index is 13.3. The number of para-hydroxylation sites is 1. The van der Waals surface area contributed by atoms with E-state index in [4.69, 9.17) is 11.5 Å². The minimum absolute atomic E-state index is 0.202. The van der Waals surface area contributed by atoms with E-state index in [1.807, 2.05) is 30.3 Å². The molecule has 0 aliphatic carbocycles. The monoisotopic (exact) mass is 522 g/mol. The number of hydrogen-bond donors (Lipinski definition) is 5. The summed E-state index contributed by atoms with van der Waals surface area (Å²) in [7, 11) is 0. The van der Waals surface area contributed by atoms with Crippen molar-refractivity contribution in [3.05, 3.63) is 66.2 Å². The first-order valence-corrected chi connectivity index (χ1v) is 13.2. The van der Waals surface area contributed by atoms with Gasteiger partial charge in [-0.05, 0) is 75.9 Å². The molecule has 7 N–H and O–H groups in total. The Morgan fingerprint density at radius 2 is 1.34 bits per heavy atom. The van der Waals surface area contributed by atoms with Crippen molar-refractivity contribution in [2.45, 2.75) is 56.7 Å². The second-order valence-corrected chi connectivity index (χ2v) is 9.37. The molecule has 10 nitrogen and oxygen atoms in total. The molecule has 4 amide bonds. The molecule has 0 unspecified atom stereocenters. The molecule has 2 aromatic carbocycles. The molecule has 0 saturated carbocycles. The maximum Gasteiger partial charge on any atom is 0.251 e. The first-order chi connectivity index (χ1) is 18.4. The van der Waals surface area contributed by atoms with Crippen LogP contribution in [-0.2, 0) is 14.4 Å². The molecule has 10 heteroatoms. The van der Waals surface area contributed by atoms with Crippen LogP contribution in [0, 0.1) is 0 Å². The quantitative estimate of drug-likeness (QED) is 0.174. The Balaban J connectivity index is 1.64. The van der Waals surface area contributed by atoms with E-state index < -0.39 is 29.9 Å². The van der Waals surface area contributed by atoms with Gasteiger partial charge in [0.05, 0.1) is 6.54 Å². The van der Waals surface area contributed by atoms with Crippen LogP contribution in [-0.4, -0.2) is 61.4 Å². The van der Waals surface area contributed by atoms with Gasteiger partial charge in [-0.2, -0.15) is 0 Å². The van der Waals surface area contributed by atoms with E-state index in [9.17, 15) is 19.2 Å². The Bertz CT molecular complexity index is 1070. The van der Waals surface area contributed by atoms with Crippen LogP contribution >= 0.6 is 0 Å². The number of nitrogens with two attached hydrogens (primary N) is 2. The van der Waals surface area contributed by atoms with Crippen LogP contribution in [0.3, 0.4) is 0 Å². The van der Waals surface area contributed by atoms with Gasteiger partial charge in [0, 0.05) is 11.3 Å². The standard InChI is InChI=1S/C28H38N6O4/c29-17-9-7-15-22(31-25(35)20-11-3-1-4-12-20)26(36)32-23(16-8-10-18-30)27(37)33-24-19-34(28(24)38)21-13-5-2-6-14-21/h1-6,11-14,22-24H,7-10,15-19,29-30H2,(H,31,35)(H,32,36)(H,33,37)/t22-,23-,24-/m0/s1. The smallest absolute Gasteiger partial charge is 0.251 e. The van der Waals surface area contributed by atoms with Gasteiger partial charge >= 0.3 is 0 Å². The third kappa shape index (κ3) is 8.12. The number of nitrogens with zero attached hydrogens (tertiary/aromatic N) is 1. The van der Waals surface area contributed by atoms with Crippen LogP contribution in [0.5, 0.6) is 0 Å². The van der Waals surface area contributed by atoms with E-state index in [1.165, 1.54) is 0 Å². The molecular formula is C28H38N6O4. The van der Waals surface area contributed by atoms with Crippen molar-refractivity contribution in [2.24, 2.45) is 11.5 Å². The molecule has 1 aliphatic rings. The first kappa shape index (κ1) is 28.8. The van der Waals surface area contributed by atoms with E-state index in [-0.39, 0.29) is 11.8 Å². The summed E-state index contributed by atoms with van der Waals surface area (Å²) < 4.78 is 0. The summed E-state index contributed by atoms with van der Waals surface area (Å²) in [6, 6.07) is 15.5. The zero-order valence-corrected chi connectivity index (χ0v) is 21.6. The number of anilines is 1. The van der Waals surface area contributed by atoms with Gasteiger partial charge in [0.25, 0.3) is 11.8 Å². The summed E-state index contributed by atoms with van der Waals surface area (Å²) in [6.45, 7) is 1.29. The summed E-state index contributed by atoms with van der Waals surface area (Å²) in [4.78, 5) is 53.5. The Kier molecular flexibility index (Phi) is 11.3. The van der Waals surface area contributed by atoms with E-state index >= 15 is 0 Å². The molecule has 0 spiro atoms. The number of rotatable bonds is 15. The lowest BCUT2D eigenvalue weighted by Crippen LogP contribution is -2.66. The van der Waals surface area contributed by atoms with Gasteiger partial charge in [-0.3, -0.25) is 19.2 Å². The molecule has 2 aromatic rings. The number of amides is 4. The Morgan fingerprint density at radius 1 is 0.789 bits per heavy atom. The highest BCUT2D eigenvalue weighted by molar-refractivity contribution is 6.06. The van der Waals surface area contributed by atoms with Crippen molar-refractivity contribution in [2.75, 3.05) is 24.5 Å². The van der Waals surface area contributed by atoms with Crippen LogP contribution < -0.4 is 32.3 Å². The second kappa shape index (κ2) is 14.8. The highest BCUT2D eigenvalue weighted by Gasteiger charge is 2.40. The van der Waals surface area contributed by atoms with Crippen LogP contribution in [0.1, 0.15) is 48.9 Å². The molecule has 0 radical (unpaired) electrons. The number of benzene rings is 2. The molecule has 204 valence electrons. The number of hydrogen-bond acceptors (Lipinski definition) is 6. The average Bonchev–Trinajstić information content (AvgIpc) is 2.94. The van der Waals surface area contributed by atoms with Gasteiger partial charge in [0.15, 0.2) is 0 Å². The van der Waals surface area contributed by atoms with Crippen molar-refractivity contribution in [3.8, 4) is 0 Å². The Hall–Kier alpha value is -3.76. The minimum Gasteiger partial charge on any atom is -0.343 e. The fourth-order valence-corrected chi connectivity index (χ4v) is 4.27. The van der Waals surface area contributed by atoms with Crippen LogP contribution in [0.25, 0.3) is 0 Å². The van der Waals surface area contributed by atoms with Gasteiger partial charge in [0.1, 0.15) is 18.1 Å². The molecule has 1 fully saturated rings. The van der Waals surface area contributed by atoms with Gasteiger partial charge in [-0.25, -0.2) is 0 Å². The van der Waals surface area contributed by atoms with Crippen molar-refractivity contribution >= 4 is 29.3 Å². The van der Waals surface area contributed by atoms with Crippen molar-refractivity contribution in [1.82, 2.24) is 16.0 Å². The zero-order chi connectivity index (χ0) is 27.3. The molecule has 38 heavy (non-hydrogen) atoms. The predicted molar refractivity (Wildman–Crippen MR) is 146 cm³/mol. The topological polar surface area (TPSA) is 160 Å². The number of carbonyl (C=O) groups excluding carboxylic acids is 4. The molecule has 3 rings (SSSR count). The van der Waals surface area contributed by atoms with Gasteiger partial charge in [-0.15, -0.1) is 0 Å². The van der Waals surface area contributed by atoms with E-state index in [0.29, 0.717) is 63.7 Å². The maximum atomic E-state index is 13.3. The molecule has 1 heterocycles. The van der Waals surface area contributed by atoms with E-state index in [0.717, 1.165) is 5.69 Å². The fourth-order valence-electron chi connectivity index (χ4n) is 4.27. The number of nitrogens with one attached hydrogen (secondary N) is 3. The van der Waals surface area contributed by atoms with Gasteiger partial charge in [-0.1, -0.05) is 36.4 Å². The molecule has 0 bridgehead atoms. The molecule has 1 aliphatic heterocycles. The largest absolute Gasteiger partial charge is 0.343 e. The molecule has 1 saturated heterocycles. The van der Waals surface area contributed by atoms with Gasteiger partial charge in [0.2, 0.25) is 11.8 Å². The lowest BCUT2D eigenvalue weighted by molar-refractivity contribution is -0.133. The lowest BCUT2D eigenvalue weighted by Gasteiger charge is -2.39. The molecule has 0 aromatic heterocycles. The SMILES string of the molecule is NCCCC[C@H](NC(=O)c1ccccc1)C(=O)N[C@@H](CCCCN)C(=O)N[C@H]1CN(c2ccccc2)C1=O. The molecule has 3 atom stereocenters.